The Kier molecular flexibility index (Phi) is 5.18. The van der Waals surface area contributed by atoms with E-state index in [0.29, 0.717) is 12.5 Å². The van der Waals surface area contributed by atoms with Crippen molar-refractivity contribution >= 4 is 0 Å². The highest BCUT2D eigenvalue weighted by atomic mass is 16.5. The molecule has 0 spiro atoms. The Hall–Kier alpha value is -1.81. The van der Waals surface area contributed by atoms with Crippen molar-refractivity contribution in [1.82, 2.24) is 15.1 Å². The third-order valence-electron chi connectivity index (χ3n) is 2.97. The molecule has 0 aliphatic carbocycles. The van der Waals surface area contributed by atoms with Crippen LogP contribution in [-0.4, -0.2) is 16.3 Å². The highest BCUT2D eigenvalue weighted by Gasteiger charge is 1.99. The zero-order valence-corrected chi connectivity index (χ0v) is 12.5. The van der Waals surface area contributed by atoms with Crippen LogP contribution >= 0.6 is 0 Å². The van der Waals surface area contributed by atoms with Crippen molar-refractivity contribution in [1.29, 1.82) is 0 Å². The Morgan fingerprint density at radius 3 is 2.55 bits per heavy atom. The second kappa shape index (κ2) is 7.10. The van der Waals surface area contributed by atoms with Gasteiger partial charge in [-0.2, -0.15) is 5.10 Å². The third-order valence-corrected chi connectivity index (χ3v) is 2.97. The highest BCUT2D eigenvalue weighted by Crippen LogP contribution is 2.14. The normalized spacial score (nSPS) is 11.0. The minimum Gasteiger partial charge on any atom is -0.489 e. The standard InChI is InChI=1S/C16H23N3O/c1-13(2)8-17-9-14-4-6-16(7-5-14)20-12-15-10-18-19(3)11-15/h4-7,10-11,13,17H,8-9,12H2,1-3H3. The van der Waals surface area contributed by atoms with Crippen molar-refractivity contribution in [2.45, 2.75) is 27.0 Å². The monoisotopic (exact) mass is 273 g/mol. The third kappa shape index (κ3) is 4.70. The van der Waals surface area contributed by atoms with Crippen LogP contribution in [-0.2, 0) is 20.2 Å². The van der Waals surface area contributed by atoms with E-state index in [1.54, 1.807) is 4.68 Å². The molecule has 1 heterocycles. The van der Waals surface area contributed by atoms with Crippen LogP contribution in [0.3, 0.4) is 0 Å². The average Bonchev–Trinajstić information content (AvgIpc) is 2.83. The SMILES string of the molecule is CC(C)CNCc1ccc(OCc2cnn(C)c2)cc1. The fraction of sp³-hybridized carbons (Fsp3) is 0.438. The van der Waals surface area contributed by atoms with Crippen LogP contribution in [0.25, 0.3) is 0 Å². The van der Waals surface area contributed by atoms with E-state index in [9.17, 15) is 0 Å². The van der Waals surface area contributed by atoms with Gasteiger partial charge in [0, 0.05) is 25.4 Å². The maximum absolute atomic E-state index is 5.73. The lowest BCUT2D eigenvalue weighted by Gasteiger charge is -2.09. The number of aryl methyl sites for hydroxylation is 1. The molecule has 0 amide bonds. The molecule has 1 aromatic heterocycles. The molecule has 0 fully saturated rings. The summed E-state index contributed by atoms with van der Waals surface area (Å²) in [4.78, 5) is 0. The molecular weight excluding hydrogens is 250 g/mol. The van der Waals surface area contributed by atoms with Gasteiger partial charge in [-0.15, -0.1) is 0 Å². The molecule has 0 radical (unpaired) electrons. The van der Waals surface area contributed by atoms with E-state index in [1.807, 2.05) is 31.6 Å². The Bertz CT molecular complexity index is 517. The molecule has 0 aliphatic heterocycles. The second-order valence-electron chi connectivity index (χ2n) is 5.48. The van der Waals surface area contributed by atoms with Crippen molar-refractivity contribution < 1.29 is 4.74 Å². The summed E-state index contributed by atoms with van der Waals surface area (Å²) < 4.78 is 7.51. The molecule has 4 nitrogen and oxygen atoms in total. The summed E-state index contributed by atoms with van der Waals surface area (Å²) in [5, 5.41) is 7.55. The van der Waals surface area contributed by atoms with Crippen LogP contribution in [0.2, 0.25) is 0 Å². The summed E-state index contributed by atoms with van der Waals surface area (Å²) >= 11 is 0. The first-order valence-electron chi connectivity index (χ1n) is 7.03. The number of nitrogens with one attached hydrogen (secondary N) is 1. The number of hydrogen-bond donors (Lipinski definition) is 1. The fourth-order valence-corrected chi connectivity index (χ4v) is 1.92. The number of aromatic nitrogens is 2. The zero-order chi connectivity index (χ0) is 14.4. The predicted octanol–water partition coefficient (Wildman–Crippen LogP) is 2.74. The largest absolute Gasteiger partial charge is 0.489 e. The van der Waals surface area contributed by atoms with Crippen molar-refractivity contribution in [2.24, 2.45) is 13.0 Å². The smallest absolute Gasteiger partial charge is 0.119 e. The summed E-state index contributed by atoms with van der Waals surface area (Å²) in [6.45, 7) is 6.92. The van der Waals surface area contributed by atoms with Gasteiger partial charge in [0.05, 0.1) is 6.20 Å². The van der Waals surface area contributed by atoms with Gasteiger partial charge in [-0.25, -0.2) is 0 Å². The van der Waals surface area contributed by atoms with E-state index in [2.05, 4.69) is 36.4 Å². The van der Waals surface area contributed by atoms with Gasteiger partial charge in [0.25, 0.3) is 0 Å². The maximum atomic E-state index is 5.73. The highest BCUT2D eigenvalue weighted by molar-refractivity contribution is 5.27. The summed E-state index contributed by atoms with van der Waals surface area (Å²) in [5.74, 6) is 1.57. The first kappa shape index (κ1) is 14.6. The fourth-order valence-electron chi connectivity index (χ4n) is 1.92. The lowest BCUT2D eigenvalue weighted by Crippen LogP contribution is -2.18. The minimum absolute atomic E-state index is 0.554. The molecule has 2 aromatic rings. The number of ether oxygens (including phenoxy) is 1. The number of nitrogens with zero attached hydrogens (tertiary/aromatic N) is 2. The molecule has 20 heavy (non-hydrogen) atoms. The topological polar surface area (TPSA) is 39.1 Å². The van der Waals surface area contributed by atoms with Crippen LogP contribution in [0.4, 0.5) is 0 Å². The molecule has 1 N–H and O–H groups in total. The molecule has 4 heteroatoms. The van der Waals surface area contributed by atoms with E-state index >= 15 is 0 Å². The van der Waals surface area contributed by atoms with Gasteiger partial charge < -0.3 is 10.1 Å². The molecule has 0 bridgehead atoms. The average molecular weight is 273 g/mol. The quantitative estimate of drug-likeness (QED) is 0.843. The van der Waals surface area contributed by atoms with E-state index in [0.717, 1.165) is 24.4 Å². The molecule has 108 valence electrons. The van der Waals surface area contributed by atoms with Crippen LogP contribution in [0.1, 0.15) is 25.0 Å². The van der Waals surface area contributed by atoms with Crippen molar-refractivity contribution in [3.8, 4) is 5.75 Å². The van der Waals surface area contributed by atoms with Crippen LogP contribution in [0.5, 0.6) is 5.75 Å². The Morgan fingerprint density at radius 2 is 1.95 bits per heavy atom. The van der Waals surface area contributed by atoms with Gasteiger partial charge in [0.15, 0.2) is 0 Å². The van der Waals surface area contributed by atoms with Gasteiger partial charge in [0.1, 0.15) is 12.4 Å². The van der Waals surface area contributed by atoms with Gasteiger partial charge in [-0.3, -0.25) is 4.68 Å². The van der Waals surface area contributed by atoms with Crippen molar-refractivity contribution in [3.63, 3.8) is 0 Å². The van der Waals surface area contributed by atoms with Crippen molar-refractivity contribution in [2.75, 3.05) is 6.54 Å². The van der Waals surface area contributed by atoms with Crippen molar-refractivity contribution in [3.05, 3.63) is 47.8 Å². The Morgan fingerprint density at radius 1 is 1.20 bits per heavy atom. The molecule has 2 rings (SSSR count). The summed E-state index contributed by atoms with van der Waals surface area (Å²) in [6, 6.07) is 8.24. The van der Waals surface area contributed by atoms with Crippen LogP contribution < -0.4 is 10.1 Å². The van der Waals surface area contributed by atoms with Crippen LogP contribution in [0.15, 0.2) is 36.7 Å². The molecule has 0 unspecified atom stereocenters. The molecule has 0 saturated heterocycles. The first-order chi connectivity index (χ1) is 9.63. The van der Waals surface area contributed by atoms with E-state index in [4.69, 9.17) is 4.74 Å². The van der Waals surface area contributed by atoms with Gasteiger partial charge in [-0.1, -0.05) is 26.0 Å². The van der Waals surface area contributed by atoms with Gasteiger partial charge >= 0.3 is 0 Å². The summed E-state index contributed by atoms with van der Waals surface area (Å²) in [7, 11) is 1.91. The maximum Gasteiger partial charge on any atom is 0.119 e. The predicted molar refractivity (Wildman–Crippen MR) is 80.5 cm³/mol. The molecule has 0 aliphatic rings. The van der Waals surface area contributed by atoms with Gasteiger partial charge in [-0.05, 0) is 30.2 Å². The van der Waals surface area contributed by atoms with E-state index in [1.165, 1.54) is 5.56 Å². The second-order valence-corrected chi connectivity index (χ2v) is 5.48. The van der Waals surface area contributed by atoms with E-state index < -0.39 is 0 Å². The Labute approximate surface area is 120 Å². The van der Waals surface area contributed by atoms with Crippen LogP contribution in [0, 0.1) is 5.92 Å². The number of hydrogen-bond acceptors (Lipinski definition) is 3. The Balaban J connectivity index is 1.79. The molecule has 0 saturated carbocycles. The van der Waals surface area contributed by atoms with Gasteiger partial charge in [0.2, 0.25) is 0 Å². The molecule has 1 aromatic carbocycles. The summed E-state index contributed by atoms with van der Waals surface area (Å²) in [5.41, 5.74) is 2.36. The number of rotatable bonds is 7. The lowest BCUT2D eigenvalue weighted by atomic mass is 10.2. The zero-order valence-electron chi connectivity index (χ0n) is 12.5. The number of benzene rings is 1. The lowest BCUT2D eigenvalue weighted by molar-refractivity contribution is 0.306. The van der Waals surface area contributed by atoms with E-state index in [-0.39, 0.29) is 0 Å². The molecular formula is C16H23N3O. The summed E-state index contributed by atoms with van der Waals surface area (Å²) in [6.07, 6.45) is 3.79. The first-order valence-corrected chi connectivity index (χ1v) is 7.03. The molecule has 0 atom stereocenters. The minimum atomic E-state index is 0.554.